The number of aromatic nitrogens is 2. The van der Waals surface area contributed by atoms with Crippen molar-refractivity contribution in [3.8, 4) is 0 Å². The summed E-state index contributed by atoms with van der Waals surface area (Å²) >= 11 is 1.50. The number of amides is 2. The summed E-state index contributed by atoms with van der Waals surface area (Å²) in [4.78, 5) is 35.5. The van der Waals surface area contributed by atoms with Crippen LogP contribution in [-0.4, -0.2) is 39.3 Å². The van der Waals surface area contributed by atoms with E-state index in [0.717, 1.165) is 18.0 Å². The molecule has 1 aliphatic rings. The van der Waals surface area contributed by atoms with Crippen molar-refractivity contribution in [2.24, 2.45) is 0 Å². The standard InChI is InChI=1S/C18H23N5O2S/c1-12-5-3-4-8-23(12)11-15-10-20-18(26-15)22-17(25)14-6-7-19-16(9-14)21-13(2)24/h6-7,9-10,12H,3-5,8,11H2,1-2H3,(H,19,21,24)(H,20,22,25). The molecule has 1 atom stereocenters. The van der Waals surface area contributed by atoms with Crippen molar-refractivity contribution in [3.05, 3.63) is 35.0 Å². The van der Waals surface area contributed by atoms with Gasteiger partial charge in [0.15, 0.2) is 5.13 Å². The summed E-state index contributed by atoms with van der Waals surface area (Å²) in [6.07, 6.45) is 7.10. The fourth-order valence-electron chi connectivity index (χ4n) is 3.02. The van der Waals surface area contributed by atoms with Crippen LogP contribution in [0.15, 0.2) is 24.5 Å². The van der Waals surface area contributed by atoms with Crippen molar-refractivity contribution in [1.82, 2.24) is 14.9 Å². The highest BCUT2D eigenvalue weighted by Crippen LogP contribution is 2.24. The molecule has 0 spiro atoms. The van der Waals surface area contributed by atoms with E-state index in [2.05, 4.69) is 32.4 Å². The van der Waals surface area contributed by atoms with Crippen LogP contribution in [0.5, 0.6) is 0 Å². The minimum atomic E-state index is -0.272. The lowest BCUT2D eigenvalue weighted by Crippen LogP contribution is -2.36. The molecule has 2 N–H and O–H groups in total. The molecule has 8 heteroatoms. The number of pyridine rings is 1. The highest BCUT2D eigenvalue weighted by molar-refractivity contribution is 7.15. The van der Waals surface area contributed by atoms with Gasteiger partial charge in [0.1, 0.15) is 5.82 Å². The number of hydrogen-bond donors (Lipinski definition) is 2. The Morgan fingerprint density at radius 3 is 2.92 bits per heavy atom. The van der Waals surface area contributed by atoms with Crippen LogP contribution in [0.3, 0.4) is 0 Å². The number of likely N-dealkylation sites (tertiary alicyclic amines) is 1. The topological polar surface area (TPSA) is 87.2 Å². The molecule has 3 rings (SSSR count). The Balaban J connectivity index is 1.61. The second-order valence-corrected chi connectivity index (χ2v) is 7.63. The van der Waals surface area contributed by atoms with E-state index in [1.54, 1.807) is 12.1 Å². The fourth-order valence-corrected chi connectivity index (χ4v) is 3.85. The third-order valence-corrected chi connectivity index (χ3v) is 5.30. The van der Waals surface area contributed by atoms with Crippen molar-refractivity contribution < 1.29 is 9.59 Å². The van der Waals surface area contributed by atoms with E-state index in [-0.39, 0.29) is 11.8 Å². The Labute approximate surface area is 156 Å². The second kappa shape index (κ2) is 8.37. The first kappa shape index (κ1) is 18.5. The van der Waals surface area contributed by atoms with Gasteiger partial charge in [0.05, 0.1) is 0 Å². The Kier molecular flexibility index (Phi) is 5.95. The zero-order valence-electron chi connectivity index (χ0n) is 15.0. The number of piperidine rings is 1. The Hall–Kier alpha value is -2.32. The maximum Gasteiger partial charge on any atom is 0.257 e. The fraction of sp³-hybridized carbons (Fsp3) is 0.444. The van der Waals surface area contributed by atoms with Gasteiger partial charge in [-0.25, -0.2) is 9.97 Å². The first-order valence-corrected chi connectivity index (χ1v) is 9.56. The van der Waals surface area contributed by atoms with Crippen molar-refractivity contribution >= 4 is 34.1 Å². The van der Waals surface area contributed by atoms with Crippen LogP contribution in [0, 0.1) is 0 Å². The van der Waals surface area contributed by atoms with E-state index in [9.17, 15) is 9.59 Å². The quantitative estimate of drug-likeness (QED) is 0.841. The molecule has 1 fully saturated rings. The van der Waals surface area contributed by atoms with E-state index in [0.29, 0.717) is 22.6 Å². The van der Waals surface area contributed by atoms with E-state index < -0.39 is 0 Å². The lowest BCUT2D eigenvalue weighted by atomic mass is 10.0. The maximum atomic E-state index is 12.4. The largest absolute Gasteiger partial charge is 0.311 e. The van der Waals surface area contributed by atoms with Gasteiger partial charge < -0.3 is 5.32 Å². The van der Waals surface area contributed by atoms with Crippen LogP contribution in [0.1, 0.15) is 48.3 Å². The molecular weight excluding hydrogens is 350 g/mol. The summed E-state index contributed by atoms with van der Waals surface area (Å²) in [5.74, 6) is -0.151. The zero-order valence-corrected chi connectivity index (χ0v) is 15.8. The van der Waals surface area contributed by atoms with Crippen LogP contribution in [0.4, 0.5) is 10.9 Å². The molecule has 7 nitrogen and oxygen atoms in total. The van der Waals surface area contributed by atoms with Crippen molar-refractivity contribution in [1.29, 1.82) is 0 Å². The van der Waals surface area contributed by atoms with Gasteiger partial charge in [-0.1, -0.05) is 6.42 Å². The van der Waals surface area contributed by atoms with Gasteiger partial charge in [-0.15, -0.1) is 11.3 Å². The SMILES string of the molecule is CC(=O)Nc1cc(C(=O)Nc2ncc(CN3CCCCC3C)s2)ccn1. The predicted molar refractivity (Wildman–Crippen MR) is 102 cm³/mol. The summed E-state index contributed by atoms with van der Waals surface area (Å²) in [5, 5.41) is 5.96. The highest BCUT2D eigenvalue weighted by Gasteiger charge is 2.19. The molecule has 1 saturated heterocycles. The molecular formula is C18H23N5O2S. The molecule has 2 amide bonds. The van der Waals surface area contributed by atoms with E-state index in [1.165, 1.54) is 43.7 Å². The molecule has 26 heavy (non-hydrogen) atoms. The number of carbonyl (C=O) groups excluding carboxylic acids is 2. The van der Waals surface area contributed by atoms with Gasteiger partial charge in [0.25, 0.3) is 5.91 Å². The van der Waals surface area contributed by atoms with Crippen LogP contribution in [-0.2, 0) is 11.3 Å². The van der Waals surface area contributed by atoms with Gasteiger partial charge in [-0.2, -0.15) is 0 Å². The number of rotatable bonds is 5. The monoisotopic (exact) mass is 373 g/mol. The molecule has 2 aromatic heterocycles. The molecule has 0 radical (unpaired) electrons. The van der Waals surface area contributed by atoms with Crippen molar-refractivity contribution in [2.45, 2.75) is 45.7 Å². The lowest BCUT2D eigenvalue weighted by Gasteiger charge is -2.32. The molecule has 138 valence electrons. The number of nitrogens with zero attached hydrogens (tertiary/aromatic N) is 3. The summed E-state index contributed by atoms with van der Waals surface area (Å²) in [7, 11) is 0. The average molecular weight is 373 g/mol. The Morgan fingerprint density at radius 2 is 2.15 bits per heavy atom. The first-order chi connectivity index (χ1) is 12.5. The van der Waals surface area contributed by atoms with Gasteiger partial charge in [0, 0.05) is 42.3 Å². The van der Waals surface area contributed by atoms with E-state index >= 15 is 0 Å². The van der Waals surface area contributed by atoms with Gasteiger partial charge >= 0.3 is 0 Å². The van der Waals surface area contributed by atoms with E-state index in [1.807, 2.05) is 6.20 Å². The molecule has 0 bridgehead atoms. The summed E-state index contributed by atoms with van der Waals surface area (Å²) in [6.45, 7) is 5.65. The van der Waals surface area contributed by atoms with Crippen LogP contribution in [0.25, 0.3) is 0 Å². The van der Waals surface area contributed by atoms with Crippen LogP contribution < -0.4 is 10.6 Å². The summed E-state index contributed by atoms with van der Waals surface area (Å²) in [6, 6.07) is 3.73. The average Bonchev–Trinajstić information content (AvgIpc) is 3.03. The van der Waals surface area contributed by atoms with Gasteiger partial charge in [-0.05, 0) is 38.4 Å². The van der Waals surface area contributed by atoms with Crippen molar-refractivity contribution in [3.63, 3.8) is 0 Å². The molecule has 0 aromatic carbocycles. The van der Waals surface area contributed by atoms with Gasteiger partial charge in [0.2, 0.25) is 5.91 Å². The smallest absolute Gasteiger partial charge is 0.257 e. The molecule has 0 saturated carbocycles. The predicted octanol–water partition coefficient (Wildman–Crippen LogP) is 3.12. The third kappa shape index (κ3) is 4.86. The number of nitrogens with one attached hydrogen (secondary N) is 2. The zero-order chi connectivity index (χ0) is 18.5. The summed E-state index contributed by atoms with van der Waals surface area (Å²) in [5.41, 5.74) is 0.421. The molecule has 1 aliphatic heterocycles. The number of hydrogen-bond acceptors (Lipinski definition) is 6. The molecule has 3 heterocycles. The number of thiazole rings is 1. The van der Waals surface area contributed by atoms with E-state index in [4.69, 9.17) is 0 Å². The van der Waals surface area contributed by atoms with Crippen LogP contribution >= 0.6 is 11.3 Å². The first-order valence-electron chi connectivity index (χ1n) is 8.75. The second-order valence-electron chi connectivity index (χ2n) is 6.51. The minimum absolute atomic E-state index is 0.230. The number of carbonyl (C=O) groups is 2. The molecule has 0 aliphatic carbocycles. The van der Waals surface area contributed by atoms with Crippen molar-refractivity contribution in [2.75, 3.05) is 17.2 Å². The Morgan fingerprint density at radius 1 is 1.31 bits per heavy atom. The van der Waals surface area contributed by atoms with Crippen LogP contribution in [0.2, 0.25) is 0 Å². The molecule has 2 aromatic rings. The van der Waals surface area contributed by atoms with Gasteiger partial charge in [-0.3, -0.25) is 19.8 Å². The Bertz CT molecular complexity index is 791. The maximum absolute atomic E-state index is 12.4. The third-order valence-electron chi connectivity index (χ3n) is 4.40. The lowest BCUT2D eigenvalue weighted by molar-refractivity contribution is -0.114. The number of anilines is 2. The minimum Gasteiger partial charge on any atom is -0.311 e. The normalized spacial score (nSPS) is 17.7. The molecule has 1 unspecified atom stereocenters. The highest BCUT2D eigenvalue weighted by atomic mass is 32.1. The summed E-state index contributed by atoms with van der Waals surface area (Å²) < 4.78 is 0.